The minimum atomic E-state index is -0.506. The first-order valence-corrected chi connectivity index (χ1v) is 7.72. The average Bonchev–Trinajstić information content (AvgIpc) is 2.55. The number of carbonyl (C=O) groups is 3. The summed E-state index contributed by atoms with van der Waals surface area (Å²) < 4.78 is 18.0. The van der Waals surface area contributed by atoms with Gasteiger partial charge >= 0.3 is 5.97 Å². The van der Waals surface area contributed by atoms with Gasteiger partial charge in [0.15, 0.2) is 0 Å². The fourth-order valence-electron chi connectivity index (χ4n) is 2.22. The van der Waals surface area contributed by atoms with Crippen molar-refractivity contribution in [3.8, 4) is 0 Å². The molecule has 1 N–H and O–H groups in total. The van der Waals surface area contributed by atoms with Crippen molar-refractivity contribution in [1.29, 1.82) is 0 Å². The van der Waals surface area contributed by atoms with Crippen molar-refractivity contribution in [3.05, 3.63) is 35.6 Å². The fourth-order valence-corrected chi connectivity index (χ4v) is 2.22. The summed E-state index contributed by atoms with van der Waals surface area (Å²) in [5.74, 6) is -1.95. The Bertz CT molecular complexity index is 592. The van der Waals surface area contributed by atoms with E-state index >= 15 is 0 Å². The first kappa shape index (κ1) is 19.6. The normalized spacial score (nSPS) is 11.5. The molecule has 0 saturated heterocycles. The minimum absolute atomic E-state index is 0.152. The van der Waals surface area contributed by atoms with Gasteiger partial charge in [-0.2, -0.15) is 0 Å². The third kappa shape index (κ3) is 6.36. The number of nitrogens with zero attached hydrogens (tertiary/aromatic N) is 1. The number of benzene rings is 1. The second-order valence-corrected chi connectivity index (χ2v) is 5.52. The van der Waals surface area contributed by atoms with Crippen LogP contribution in [0.3, 0.4) is 0 Å². The smallest absolute Gasteiger partial charge is 0.310 e. The lowest BCUT2D eigenvalue weighted by Gasteiger charge is -2.25. The van der Waals surface area contributed by atoms with Crippen LogP contribution >= 0.6 is 0 Å². The van der Waals surface area contributed by atoms with Gasteiger partial charge in [0, 0.05) is 32.1 Å². The van der Waals surface area contributed by atoms with Crippen molar-refractivity contribution < 1.29 is 23.5 Å². The van der Waals surface area contributed by atoms with Gasteiger partial charge in [-0.25, -0.2) is 4.39 Å². The van der Waals surface area contributed by atoms with E-state index in [-0.39, 0.29) is 23.9 Å². The molecule has 1 aromatic rings. The summed E-state index contributed by atoms with van der Waals surface area (Å²) in [6, 6.07) is 5.40. The maximum Gasteiger partial charge on any atom is 0.310 e. The maximum absolute atomic E-state index is 13.3. The highest BCUT2D eigenvalue weighted by Gasteiger charge is 2.22. The molecule has 0 aliphatic heterocycles. The summed E-state index contributed by atoms with van der Waals surface area (Å²) in [4.78, 5) is 36.6. The highest BCUT2D eigenvalue weighted by Crippen LogP contribution is 2.11. The van der Waals surface area contributed by atoms with E-state index in [1.54, 1.807) is 6.92 Å². The summed E-state index contributed by atoms with van der Waals surface area (Å²) in [5.41, 5.74) is 0.214. The summed E-state index contributed by atoms with van der Waals surface area (Å²) in [7, 11) is 1.29. The van der Waals surface area contributed by atoms with Crippen LogP contribution in [0.25, 0.3) is 0 Å². The van der Waals surface area contributed by atoms with Crippen LogP contribution in [0.4, 0.5) is 4.39 Å². The second kappa shape index (κ2) is 9.64. The Morgan fingerprint density at radius 2 is 2.04 bits per heavy atom. The number of halogens is 1. The monoisotopic (exact) mass is 338 g/mol. The van der Waals surface area contributed by atoms with Crippen molar-refractivity contribution in [2.24, 2.45) is 5.92 Å². The quantitative estimate of drug-likeness (QED) is 0.577. The highest BCUT2D eigenvalue weighted by molar-refractivity contribution is 5.94. The Morgan fingerprint density at radius 1 is 1.33 bits per heavy atom. The summed E-state index contributed by atoms with van der Waals surface area (Å²) in [6.07, 6.45) is 0.522. The van der Waals surface area contributed by atoms with Crippen LogP contribution in [-0.4, -0.2) is 49.4 Å². The molecule has 24 heavy (non-hydrogen) atoms. The van der Waals surface area contributed by atoms with Crippen molar-refractivity contribution in [2.45, 2.75) is 20.3 Å². The molecule has 6 nitrogen and oxygen atoms in total. The molecule has 2 amide bonds. The first-order valence-electron chi connectivity index (χ1n) is 7.72. The molecule has 1 rings (SSSR count). The number of esters is 1. The third-order valence-electron chi connectivity index (χ3n) is 3.44. The van der Waals surface area contributed by atoms with E-state index in [4.69, 9.17) is 0 Å². The van der Waals surface area contributed by atoms with Crippen LogP contribution in [0, 0.1) is 11.7 Å². The number of hydrogen-bond donors (Lipinski definition) is 1. The molecule has 0 heterocycles. The molecule has 1 unspecified atom stereocenters. The van der Waals surface area contributed by atoms with Gasteiger partial charge in [0.2, 0.25) is 5.91 Å². The summed E-state index contributed by atoms with van der Waals surface area (Å²) >= 11 is 0. The molecule has 0 saturated carbocycles. The zero-order chi connectivity index (χ0) is 18.1. The van der Waals surface area contributed by atoms with Gasteiger partial charge in [-0.3, -0.25) is 14.4 Å². The lowest BCUT2D eigenvalue weighted by Crippen LogP contribution is -2.39. The Morgan fingerprint density at radius 3 is 2.62 bits per heavy atom. The molecule has 7 heteroatoms. The van der Waals surface area contributed by atoms with Crippen LogP contribution in [0.15, 0.2) is 24.3 Å². The van der Waals surface area contributed by atoms with Crippen molar-refractivity contribution >= 4 is 17.8 Å². The van der Waals surface area contributed by atoms with E-state index < -0.39 is 17.7 Å². The second-order valence-electron chi connectivity index (χ2n) is 5.52. The van der Waals surface area contributed by atoms with Crippen molar-refractivity contribution in [2.75, 3.05) is 26.7 Å². The molecule has 0 radical (unpaired) electrons. The van der Waals surface area contributed by atoms with E-state index in [1.165, 1.54) is 37.1 Å². The van der Waals surface area contributed by atoms with E-state index in [9.17, 15) is 18.8 Å². The van der Waals surface area contributed by atoms with Gasteiger partial charge in [0.05, 0.1) is 13.0 Å². The van der Waals surface area contributed by atoms with Crippen LogP contribution in [0.2, 0.25) is 0 Å². The molecular formula is C17H23FN2O4. The van der Waals surface area contributed by atoms with Gasteiger partial charge in [-0.15, -0.1) is 0 Å². The first-order chi connectivity index (χ1) is 11.3. The van der Waals surface area contributed by atoms with E-state index in [2.05, 4.69) is 10.1 Å². The lowest BCUT2D eigenvalue weighted by molar-refractivity contribution is -0.145. The van der Waals surface area contributed by atoms with Crippen LogP contribution in [0.1, 0.15) is 30.6 Å². The van der Waals surface area contributed by atoms with E-state index in [1.807, 2.05) is 0 Å². The largest absolute Gasteiger partial charge is 0.469 e. The standard InChI is InChI=1S/C17H23FN2O4/c1-12(17(23)24-3)11-20(9-5-8-19-13(2)21)16(22)14-6-4-7-15(18)10-14/h4,6-7,10,12H,5,8-9,11H2,1-3H3,(H,19,21). The minimum Gasteiger partial charge on any atom is -0.469 e. The number of nitrogens with one attached hydrogen (secondary N) is 1. The highest BCUT2D eigenvalue weighted by atomic mass is 19.1. The zero-order valence-corrected chi connectivity index (χ0v) is 14.2. The van der Waals surface area contributed by atoms with Crippen LogP contribution in [0.5, 0.6) is 0 Å². The van der Waals surface area contributed by atoms with Gasteiger partial charge in [0.25, 0.3) is 5.91 Å². The predicted molar refractivity (Wildman–Crippen MR) is 86.8 cm³/mol. The predicted octanol–water partition coefficient (Wildman–Crippen LogP) is 1.60. The van der Waals surface area contributed by atoms with Gasteiger partial charge in [0.1, 0.15) is 5.82 Å². The number of ether oxygens (including phenoxy) is 1. The molecule has 0 aromatic heterocycles. The van der Waals surface area contributed by atoms with Gasteiger partial charge < -0.3 is 15.0 Å². The van der Waals surface area contributed by atoms with Crippen LogP contribution < -0.4 is 5.32 Å². The van der Waals surface area contributed by atoms with Crippen molar-refractivity contribution in [3.63, 3.8) is 0 Å². The SMILES string of the molecule is COC(=O)C(C)CN(CCCNC(C)=O)C(=O)c1cccc(F)c1. The fraction of sp³-hybridized carbons (Fsp3) is 0.471. The van der Waals surface area contributed by atoms with Crippen LogP contribution in [-0.2, 0) is 14.3 Å². The van der Waals surface area contributed by atoms with E-state index in [0.717, 1.165) is 6.07 Å². The van der Waals surface area contributed by atoms with Gasteiger partial charge in [-0.05, 0) is 24.6 Å². The zero-order valence-electron chi connectivity index (χ0n) is 14.2. The number of amides is 2. The number of rotatable bonds is 8. The third-order valence-corrected chi connectivity index (χ3v) is 3.44. The lowest BCUT2D eigenvalue weighted by atomic mass is 10.1. The molecule has 1 aromatic carbocycles. The Balaban J connectivity index is 2.80. The topological polar surface area (TPSA) is 75.7 Å². The van der Waals surface area contributed by atoms with Crippen molar-refractivity contribution in [1.82, 2.24) is 10.2 Å². The number of hydrogen-bond acceptors (Lipinski definition) is 4. The molecule has 132 valence electrons. The molecule has 0 spiro atoms. The summed E-state index contributed by atoms with van der Waals surface area (Å²) in [6.45, 7) is 3.97. The molecule has 0 aliphatic rings. The molecule has 0 fully saturated rings. The molecule has 0 aliphatic carbocycles. The Kier molecular flexibility index (Phi) is 7.88. The van der Waals surface area contributed by atoms with Gasteiger partial charge in [-0.1, -0.05) is 13.0 Å². The number of methoxy groups -OCH3 is 1. The molecule has 0 bridgehead atoms. The maximum atomic E-state index is 13.3. The van der Waals surface area contributed by atoms with E-state index in [0.29, 0.717) is 19.5 Å². The Labute approximate surface area is 141 Å². The molecular weight excluding hydrogens is 315 g/mol. The summed E-state index contributed by atoms with van der Waals surface area (Å²) in [5, 5.41) is 2.65. The Hall–Kier alpha value is -2.44. The number of carbonyl (C=O) groups excluding carboxylic acids is 3. The average molecular weight is 338 g/mol. The molecule has 1 atom stereocenters.